The molecule has 1 fully saturated rings. The Morgan fingerprint density at radius 1 is 1.42 bits per heavy atom. The predicted octanol–water partition coefficient (Wildman–Crippen LogP) is 1.80. The molecule has 0 amide bonds. The second-order valence-electron chi connectivity index (χ2n) is 6.09. The molecule has 1 aromatic carbocycles. The van der Waals surface area contributed by atoms with E-state index in [1.165, 1.54) is 0 Å². The quantitative estimate of drug-likeness (QED) is 0.452. The summed E-state index contributed by atoms with van der Waals surface area (Å²) in [5.74, 6) is 0.588. The van der Waals surface area contributed by atoms with E-state index < -0.39 is 5.54 Å². The normalized spacial score (nSPS) is 22.9. The number of hydrogen-bond acceptors (Lipinski definition) is 5. The zero-order valence-electron chi connectivity index (χ0n) is 13.2. The molecule has 4 rings (SSSR count). The summed E-state index contributed by atoms with van der Waals surface area (Å²) in [7, 11) is 0. The fraction of sp³-hybridized carbons (Fsp3) is 0.312. The van der Waals surface area contributed by atoms with Crippen LogP contribution in [0.1, 0.15) is 11.4 Å². The zero-order valence-corrected chi connectivity index (χ0v) is 13.2. The number of H-pyrrole nitrogens is 1. The lowest BCUT2D eigenvalue weighted by Crippen LogP contribution is -2.42. The molecule has 1 atom stereocenters. The molecule has 2 aromatic rings. The van der Waals surface area contributed by atoms with Crippen LogP contribution < -0.4 is 11.1 Å². The fourth-order valence-corrected chi connectivity index (χ4v) is 3.03. The van der Waals surface area contributed by atoms with Crippen LogP contribution in [0.25, 0.3) is 27.2 Å². The summed E-state index contributed by atoms with van der Waals surface area (Å²) in [4.78, 5) is 12.8. The van der Waals surface area contributed by atoms with Crippen molar-refractivity contribution in [2.24, 2.45) is 10.8 Å². The van der Waals surface area contributed by atoms with Gasteiger partial charge in [0.05, 0.1) is 11.0 Å². The molecule has 4 N–H and O–H groups in total. The van der Waals surface area contributed by atoms with Gasteiger partial charge in [-0.3, -0.25) is 0 Å². The van der Waals surface area contributed by atoms with E-state index in [4.69, 9.17) is 11.3 Å². The standard InChI is InChI=1S/C16H18N8/c1-10(24-6-4-19-5-7-24)11-2-3-12-13(8-11)21-15(20-12)16(17)9-14(16)22-23-18/h2-3,8-9,19H,1,4-7,17H2,(H,20,21). The number of imidazole rings is 1. The van der Waals surface area contributed by atoms with Crippen molar-refractivity contribution >= 4 is 16.7 Å². The Morgan fingerprint density at radius 2 is 2.21 bits per heavy atom. The maximum absolute atomic E-state index is 8.53. The smallest absolute Gasteiger partial charge is 0.135 e. The molecule has 2 aliphatic rings. The van der Waals surface area contributed by atoms with Crippen molar-refractivity contribution in [2.45, 2.75) is 5.54 Å². The molecular weight excluding hydrogens is 304 g/mol. The van der Waals surface area contributed by atoms with E-state index in [0.717, 1.165) is 48.5 Å². The van der Waals surface area contributed by atoms with Gasteiger partial charge in [-0.2, -0.15) is 0 Å². The van der Waals surface area contributed by atoms with Gasteiger partial charge in [0.1, 0.15) is 11.4 Å². The number of nitrogens with one attached hydrogen (secondary N) is 2. The van der Waals surface area contributed by atoms with Gasteiger partial charge >= 0.3 is 0 Å². The highest BCUT2D eigenvalue weighted by molar-refractivity contribution is 5.81. The minimum absolute atomic E-state index is 0.495. The summed E-state index contributed by atoms with van der Waals surface area (Å²) in [5, 5.41) is 6.91. The lowest BCUT2D eigenvalue weighted by atomic mass is 10.1. The second-order valence-corrected chi connectivity index (χ2v) is 6.09. The molecule has 0 spiro atoms. The molecule has 8 heteroatoms. The fourth-order valence-electron chi connectivity index (χ4n) is 3.03. The maximum atomic E-state index is 8.53. The van der Waals surface area contributed by atoms with Gasteiger partial charge in [-0.1, -0.05) is 17.8 Å². The van der Waals surface area contributed by atoms with Crippen LogP contribution in [0.3, 0.4) is 0 Å². The summed E-state index contributed by atoms with van der Waals surface area (Å²) >= 11 is 0. The average Bonchev–Trinajstić information content (AvgIpc) is 3.08. The van der Waals surface area contributed by atoms with Crippen LogP contribution in [0.2, 0.25) is 0 Å². The van der Waals surface area contributed by atoms with Crippen LogP contribution in [-0.2, 0) is 5.54 Å². The zero-order chi connectivity index (χ0) is 16.7. The lowest BCUT2D eigenvalue weighted by Gasteiger charge is -2.31. The summed E-state index contributed by atoms with van der Waals surface area (Å²) < 4.78 is 0. The monoisotopic (exact) mass is 322 g/mol. The van der Waals surface area contributed by atoms with E-state index in [2.05, 4.69) is 36.8 Å². The topological polar surface area (TPSA) is 119 Å². The van der Waals surface area contributed by atoms with Crippen LogP contribution in [0.15, 0.2) is 41.7 Å². The highest BCUT2D eigenvalue weighted by atomic mass is 15.2. The first kappa shape index (κ1) is 14.8. The summed E-state index contributed by atoms with van der Waals surface area (Å²) in [6.45, 7) is 8.09. The van der Waals surface area contributed by atoms with Gasteiger partial charge in [0, 0.05) is 42.5 Å². The molecule has 1 aliphatic carbocycles. The van der Waals surface area contributed by atoms with Gasteiger partial charge in [0.15, 0.2) is 0 Å². The van der Waals surface area contributed by atoms with E-state index >= 15 is 0 Å². The van der Waals surface area contributed by atoms with Crippen molar-refractivity contribution in [1.82, 2.24) is 20.2 Å². The van der Waals surface area contributed by atoms with Crippen molar-refractivity contribution < 1.29 is 0 Å². The number of nitrogens with two attached hydrogens (primary N) is 1. The Balaban J connectivity index is 1.62. The molecule has 1 aromatic heterocycles. The Morgan fingerprint density at radius 3 is 2.96 bits per heavy atom. The van der Waals surface area contributed by atoms with Crippen molar-refractivity contribution in [3.05, 3.63) is 58.4 Å². The lowest BCUT2D eigenvalue weighted by molar-refractivity contribution is 0.341. The second kappa shape index (κ2) is 5.38. The molecule has 0 saturated carbocycles. The first-order chi connectivity index (χ1) is 11.6. The van der Waals surface area contributed by atoms with Crippen molar-refractivity contribution in [1.29, 1.82) is 0 Å². The average molecular weight is 322 g/mol. The number of hydrogen-bond donors (Lipinski definition) is 3. The molecule has 122 valence electrons. The predicted molar refractivity (Wildman–Crippen MR) is 92.7 cm³/mol. The van der Waals surface area contributed by atoms with E-state index in [-0.39, 0.29) is 0 Å². The minimum atomic E-state index is -0.874. The highest BCUT2D eigenvalue weighted by Gasteiger charge is 2.44. The van der Waals surface area contributed by atoms with Crippen LogP contribution in [0, 0.1) is 0 Å². The minimum Gasteiger partial charge on any atom is -0.369 e. The van der Waals surface area contributed by atoms with Crippen molar-refractivity contribution in [3.8, 4) is 0 Å². The number of piperazine rings is 1. The van der Waals surface area contributed by atoms with Gasteiger partial charge in [-0.05, 0) is 29.3 Å². The Hall–Kier alpha value is -2.80. The molecule has 0 radical (unpaired) electrons. The number of rotatable bonds is 4. The Kier molecular flexibility index (Phi) is 3.31. The van der Waals surface area contributed by atoms with Gasteiger partial charge in [-0.25, -0.2) is 4.98 Å². The van der Waals surface area contributed by atoms with E-state index in [0.29, 0.717) is 11.5 Å². The number of fused-ring (bicyclic) bond motifs is 1. The third-order valence-corrected chi connectivity index (χ3v) is 4.56. The van der Waals surface area contributed by atoms with Gasteiger partial charge in [-0.15, -0.1) is 0 Å². The summed E-state index contributed by atoms with van der Waals surface area (Å²) in [6, 6.07) is 6.02. The number of aromatic nitrogens is 2. The molecule has 1 aliphatic heterocycles. The molecule has 8 nitrogen and oxygen atoms in total. The van der Waals surface area contributed by atoms with E-state index in [1.54, 1.807) is 6.08 Å². The van der Waals surface area contributed by atoms with Gasteiger partial charge < -0.3 is 20.9 Å². The molecule has 24 heavy (non-hydrogen) atoms. The number of azide groups is 1. The number of aromatic amines is 1. The van der Waals surface area contributed by atoms with Crippen LogP contribution >= 0.6 is 0 Å². The Labute approximate surface area is 138 Å². The molecule has 2 heterocycles. The summed E-state index contributed by atoms with van der Waals surface area (Å²) in [5.41, 5.74) is 18.1. The molecular formula is C16H18N8. The third kappa shape index (κ3) is 2.33. The first-order valence-corrected chi connectivity index (χ1v) is 7.84. The summed E-state index contributed by atoms with van der Waals surface area (Å²) in [6.07, 6.45) is 1.70. The van der Waals surface area contributed by atoms with Crippen LogP contribution in [0.4, 0.5) is 0 Å². The number of nitrogens with zero attached hydrogens (tertiary/aromatic N) is 5. The SMILES string of the molecule is C=C(c1ccc2nc(C3(N)C=C3N=[N+]=[N-])[nH]c2c1)N1CCNCC1. The van der Waals surface area contributed by atoms with Crippen LogP contribution in [-0.4, -0.2) is 41.0 Å². The third-order valence-electron chi connectivity index (χ3n) is 4.56. The molecule has 1 unspecified atom stereocenters. The largest absolute Gasteiger partial charge is 0.369 e. The van der Waals surface area contributed by atoms with E-state index in [1.807, 2.05) is 18.2 Å². The highest BCUT2D eigenvalue weighted by Crippen LogP contribution is 2.41. The van der Waals surface area contributed by atoms with Gasteiger partial charge in [0.2, 0.25) is 0 Å². The molecule has 1 saturated heterocycles. The van der Waals surface area contributed by atoms with Gasteiger partial charge in [0.25, 0.3) is 0 Å². The van der Waals surface area contributed by atoms with E-state index in [9.17, 15) is 0 Å². The number of benzene rings is 1. The first-order valence-electron chi connectivity index (χ1n) is 7.84. The van der Waals surface area contributed by atoms with Crippen molar-refractivity contribution in [2.75, 3.05) is 26.2 Å². The molecule has 0 bridgehead atoms. The van der Waals surface area contributed by atoms with Crippen LogP contribution in [0.5, 0.6) is 0 Å². The maximum Gasteiger partial charge on any atom is 0.135 e. The van der Waals surface area contributed by atoms with Crippen molar-refractivity contribution in [3.63, 3.8) is 0 Å². The Bertz CT molecular complexity index is 898.